The van der Waals surface area contributed by atoms with E-state index in [0.29, 0.717) is 55.2 Å². The van der Waals surface area contributed by atoms with Gasteiger partial charge in [0.15, 0.2) is 5.54 Å². The number of methoxy groups -OCH3 is 1. The molecule has 4 rings (SSSR count). The molecule has 8 heteroatoms. The minimum Gasteiger partial charge on any atom is -0.507 e. The zero-order valence-corrected chi connectivity index (χ0v) is 21.5. The lowest BCUT2D eigenvalue weighted by Gasteiger charge is -2.34. The van der Waals surface area contributed by atoms with Crippen LogP contribution >= 0.6 is 0 Å². The van der Waals surface area contributed by atoms with Crippen molar-refractivity contribution >= 4 is 29.0 Å². The first-order valence-corrected chi connectivity index (χ1v) is 12.4. The van der Waals surface area contributed by atoms with Gasteiger partial charge < -0.3 is 24.4 Å². The second-order valence-electron chi connectivity index (χ2n) is 9.12. The summed E-state index contributed by atoms with van der Waals surface area (Å²) in [6.07, 6.45) is 2.73. The third-order valence-corrected chi connectivity index (χ3v) is 6.79. The van der Waals surface area contributed by atoms with Crippen molar-refractivity contribution in [3.63, 3.8) is 0 Å². The maximum absolute atomic E-state index is 14.3. The molecular weight excluding hydrogens is 472 g/mol. The van der Waals surface area contributed by atoms with E-state index < -0.39 is 28.9 Å². The molecule has 2 aromatic carbocycles. The lowest BCUT2D eigenvalue weighted by atomic mass is 9.81. The molecule has 0 aliphatic carbocycles. The van der Waals surface area contributed by atoms with E-state index in [1.54, 1.807) is 48.4 Å². The number of aliphatic hydroxyl groups excluding tert-OH is 1. The zero-order chi connectivity index (χ0) is 26.7. The number of aryl methyl sites for hydroxylation is 1. The van der Waals surface area contributed by atoms with Crippen LogP contribution in [0.15, 0.2) is 60.7 Å². The Kier molecular flexibility index (Phi) is 7.50. The first-order chi connectivity index (χ1) is 17.8. The first kappa shape index (κ1) is 26.2. The number of fused-ring (bicyclic) bond motifs is 2. The number of aliphatic hydroxyl groups is 1. The van der Waals surface area contributed by atoms with Crippen LogP contribution in [-0.2, 0) is 24.7 Å². The van der Waals surface area contributed by atoms with Crippen molar-refractivity contribution in [1.29, 1.82) is 0 Å². The summed E-state index contributed by atoms with van der Waals surface area (Å²) in [4.78, 5) is 44.2. The number of likely N-dealkylation sites (tertiary alicyclic amines) is 1. The predicted octanol–water partition coefficient (Wildman–Crippen LogP) is 3.93. The Bertz CT molecular complexity index is 1280. The van der Waals surface area contributed by atoms with Crippen molar-refractivity contribution in [2.24, 2.45) is 0 Å². The topological polar surface area (TPSA) is 96.4 Å². The Morgan fingerprint density at radius 2 is 1.89 bits per heavy atom. The van der Waals surface area contributed by atoms with Crippen molar-refractivity contribution < 1.29 is 29.0 Å². The number of nitrogens with zero attached hydrogens (tertiary/aromatic N) is 2. The standard InChI is InChI=1S/C29H32N2O6/c1-5-14-30-22-11-8-7-10-21(22)29(28(30)35)24(26(33)27(34)31(29)15-9-17-36-4)25(32)20-12-13-23(19(3)18-20)37-16-6-2/h6-8,10-13,18,32H,2,5,9,14-17H2,1,3-4H3/t29-/m1/s1. The molecule has 0 bridgehead atoms. The molecule has 1 N–H and O–H groups in total. The Balaban J connectivity index is 1.96. The largest absolute Gasteiger partial charge is 0.507 e. The lowest BCUT2D eigenvalue weighted by molar-refractivity contribution is -0.143. The maximum Gasteiger partial charge on any atom is 0.296 e. The summed E-state index contributed by atoms with van der Waals surface area (Å²) in [7, 11) is 1.55. The molecule has 0 unspecified atom stereocenters. The van der Waals surface area contributed by atoms with Gasteiger partial charge in [-0.05, 0) is 49.6 Å². The number of carbonyl (C=O) groups excluding carboxylic acids is 3. The van der Waals surface area contributed by atoms with E-state index >= 15 is 0 Å². The van der Waals surface area contributed by atoms with E-state index in [1.807, 2.05) is 26.0 Å². The average Bonchev–Trinajstić information content (AvgIpc) is 3.27. The SMILES string of the molecule is C=CCOc1ccc(C(O)=C2C(=O)C(=O)N(CCCOC)[C@@]23C(=O)N(CCC)c2ccccc23)cc1C. The molecule has 1 saturated heterocycles. The molecular formula is C29H32N2O6. The second-order valence-corrected chi connectivity index (χ2v) is 9.12. The molecule has 2 aliphatic heterocycles. The minimum absolute atomic E-state index is 0.114. The number of amides is 2. The van der Waals surface area contributed by atoms with Crippen LogP contribution < -0.4 is 9.64 Å². The number of Topliss-reactive ketones (excluding diaryl/α,β-unsaturated/α-hetero) is 1. The quantitative estimate of drug-likeness (QED) is 0.173. The van der Waals surface area contributed by atoms with Gasteiger partial charge in [-0.2, -0.15) is 0 Å². The molecule has 1 spiro atoms. The van der Waals surface area contributed by atoms with Gasteiger partial charge >= 0.3 is 0 Å². The highest BCUT2D eigenvalue weighted by molar-refractivity contribution is 6.50. The molecule has 2 aliphatic rings. The molecule has 0 aromatic heterocycles. The highest BCUT2D eigenvalue weighted by Gasteiger charge is 2.66. The summed E-state index contributed by atoms with van der Waals surface area (Å²) in [5.41, 5.74) is 0.198. The van der Waals surface area contributed by atoms with Gasteiger partial charge in [0.1, 0.15) is 18.1 Å². The van der Waals surface area contributed by atoms with Crippen LogP contribution in [0.3, 0.4) is 0 Å². The molecule has 1 fully saturated rings. The van der Waals surface area contributed by atoms with Gasteiger partial charge in [-0.3, -0.25) is 14.4 Å². The summed E-state index contributed by atoms with van der Waals surface area (Å²) in [5, 5.41) is 11.6. The van der Waals surface area contributed by atoms with Crippen LogP contribution in [-0.4, -0.2) is 61.0 Å². The smallest absolute Gasteiger partial charge is 0.296 e. The number of hydrogen-bond donors (Lipinski definition) is 1. The second kappa shape index (κ2) is 10.6. The van der Waals surface area contributed by atoms with Gasteiger partial charge in [0, 0.05) is 37.9 Å². The highest BCUT2D eigenvalue weighted by Crippen LogP contribution is 2.53. The predicted molar refractivity (Wildman–Crippen MR) is 140 cm³/mol. The number of ether oxygens (including phenoxy) is 2. The van der Waals surface area contributed by atoms with Gasteiger partial charge in [0.2, 0.25) is 0 Å². The summed E-state index contributed by atoms with van der Waals surface area (Å²) in [6.45, 7) is 8.60. The van der Waals surface area contributed by atoms with Gasteiger partial charge in [0.05, 0.1) is 11.3 Å². The average molecular weight is 505 g/mol. The first-order valence-electron chi connectivity index (χ1n) is 12.4. The Hall–Kier alpha value is -3.91. The summed E-state index contributed by atoms with van der Waals surface area (Å²) in [5.74, 6) is -1.92. The van der Waals surface area contributed by atoms with E-state index in [2.05, 4.69) is 6.58 Å². The molecule has 0 saturated carbocycles. The number of para-hydroxylation sites is 1. The normalized spacial score (nSPS) is 20.1. The molecule has 194 valence electrons. The summed E-state index contributed by atoms with van der Waals surface area (Å²) >= 11 is 0. The zero-order valence-electron chi connectivity index (χ0n) is 21.5. The molecule has 0 radical (unpaired) electrons. The molecule has 37 heavy (non-hydrogen) atoms. The van der Waals surface area contributed by atoms with Crippen molar-refractivity contribution in [2.75, 3.05) is 38.3 Å². The Morgan fingerprint density at radius 3 is 2.57 bits per heavy atom. The molecule has 8 nitrogen and oxygen atoms in total. The number of hydrogen-bond acceptors (Lipinski definition) is 6. The lowest BCUT2D eigenvalue weighted by Crippen LogP contribution is -2.52. The van der Waals surface area contributed by atoms with E-state index in [0.717, 1.165) is 5.56 Å². The maximum atomic E-state index is 14.3. The van der Waals surface area contributed by atoms with Crippen molar-refractivity contribution in [1.82, 2.24) is 4.90 Å². The van der Waals surface area contributed by atoms with E-state index in [1.165, 1.54) is 4.90 Å². The van der Waals surface area contributed by atoms with Gasteiger partial charge in [-0.15, -0.1) is 0 Å². The number of ketones is 1. The van der Waals surface area contributed by atoms with Gasteiger partial charge in [-0.25, -0.2) is 0 Å². The fourth-order valence-corrected chi connectivity index (χ4v) is 5.23. The van der Waals surface area contributed by atoms with Gasteiger partial charge in [0.25, 0.3) is 17.6 Å². The Labute approximate surface area is 216 Å². The van der Waals surface area contributed by atoms with Crippen LogP contribution in [0.25, 0.3) is 5.76 Å². The Morgan fingerprint density at radius 1 is 1.14 bits per heavy atom. The van der Waals surface area contributed by atoms with Crippen LogP contribution in [0.5, 0.6) is 5.75 Å². The van der Waals surface area contributed by atoms with Gasteiger partial charge in [-0.1, -0.05) is 37.8 Å². The number of rotatable bonds is 10. The van der Waals surface area contributed by atoms with Crippen LogP contribution in [0.4, 0.5) is 5.69 Å². The number of benzene rings is 2. The minimum atomic E-state index is -1.76. The van der Waals surface area contributed by atoms with Crippen molar-refractivity contribution in [3.05, 3.63) is 77.4 Å². The fraction of sp³-hybridized carbons (Fsp3) is 0.345. The summed E-state index contributed by atoms with van der Waals surface area (Å²) < 4.78 is 10.8. The third-order valence-electron chi connectivity index (χ3n) is 6.79. The van der Waals surface area contributed by atoms with E-state index in [-0.39, 0.29) is 12.1 Å². The molecule has 2 amide bonds. The third kappa shape index (κ3) is 4.11. The fourth-order valence-electron chi connectivity index (χ4n) is 5.23. The monoisotopic (exact) mass is 504 g/mol. The molecule has 1 atom stereocenters. The molecule has 2 aromatic rings. The van der Waals surface area contributed by atoms with Crippen LogP contribution in [0.1, 0.15) is 36.5 Å². The highest BCUT2D eigenvalue weighted by atomic mass is 16.5. The van der Waals surface area contributed by atoms with E-state index in [4.69, 9.17) is 9.47 Å². The van der Waals surface area contributed by atoms with Crippen molar-refractivity contribution in [3.8, 4) is 5.75 Å². The van der Waals surface area contributed by atoms with E-state index in [9.17, 15) is 19.5 Å². The van der Waals surface area contributed by atoms with Crippen molar-refractivity contribution in [2.45, 2.75) is 32.2 Å². The summed E-state index contributed by atoms with van der Waals surface area (Å²) in [6, 6.07) is 12.1. The van der Waals surface area contributed by atoms with Crippen LogP contribution in [0.2, 0.25) is 0 Å². The van der Waals surface area contributed by atoms with Crippen LogP contribution in [0, 0.1) is 6.92 Å². The number of anilines is 1. The number of carbonyl (C=O) groups is 3. The molecule has 2 heterocycles.